The van der Waals surface area contributed by atoms with E-state index in [0.29, 0.717) is 33.5 Å². The lowest BCUT2D eigenvalue weighted by atomic mass is 9.83. The minimum atomic E-state index is -0.218. The minimum absolute atomic E-state index is 0.106. The molecule has 0 aromatic heterocycles. The first-order valence-corrected chi connectivity index (χ1v) is 8.13. The molecule has 26 heavy (non-hydrogen) atoms. The number of phenolic OH excluding ortho intramolecular Hbond substituents is 1. The largest absolute Gasteiger partial charge is 0.508 e. The SMILES string of the molecule is O=C1c2ccccc2C(=O)c2c(NOCc3ccccc3O)cccc21. The van der Waals surface area contributed by atoms with Crippen LogP contribution < -0.4 is 5.48 Å². The van der Waals surface area contributed by atoms with Gasteiger partial charge in [-0.15, -0.1) is 0 Å². The van der Waals surface area contributed by atoms with Crippen molar-refractivity contribution in [3.8, 4) is 5.75 Å². The van der Waals surface area contributed by atoms with Gasteiger partial charge in [-0.25, -0.2) is 0 Å². The van der Waals surface area contributed by atoms with Crippen LogP contribution in [0, 0.1) is 0 Å². The van der Waals surface area contributed by atoms with Crippen LogP contribution in [0.1, 0.15) is 37.4 Å². The molecule has 5 heteroatoms. The second kappa shape index (κ2) is 6.46. The Hall–Kier alpha value is -3.44. The Morgan fingerprint density at radius 1 is 0.769 bits per heavy atom. The van der Waals surface area contributed by atoms with Crippen molar-refractivity contribution in [2.75, 3.05) is 5.48 Å². The average Bonchev–Trinajstić information content (AvgIpc) is 2.67. The number of rotatable bonds is 4. The summed E-state index contributed by atoms with van der Waals surface area (Å²) in [6, 6.07) is 18.6. The van der Waals surface area contributed by atoms with Gasteiger partial charge in [0.15, 0.2) is 11.6 Å². The van der Waals surface area contributed by atoms with Crippen molar-refractivity contribution < 1.29 is 19.5 Å². The smallest absolute Gasteiger partial charge is 0.196 e. The van der Waals surface area contributed by atoms with Gasteiger partial charge in [-0.3, -0.25) is 19.9 Å². The van der Waals surface area contributed by atoms with E-state index < -0.39 is 0 Å². The van der Waals surface area contributed by atoms with Gasteiger partial charge in [0.2, 0.25) is 0 Å². The number of nitrogens with one attached hydrogen (secondary N) is 1. The molecule has 0 aliphatic heterocycles. The van der Waals surface area contributed by atoms with E-state index in [1.807, 2.05) is 0 Å². The van der Waals surface area contributed by atoms with Crippen LogP contribution in [0.15, 0.2) is 66.7 Å². The summed E-state index contributed by atoms with van der Waals surface area (Å²) in [5.74, 6) is -0.270. The standard InChI is InChI=1S/C21H15NO4/c23-18-11-4-1-6-13(18)12-26-22-17-10-5-9-16-19(17)21(25)15-8-3-2-7-14(15)20(16)24/h1-11,22-23H,12H2. The molecule has 128 valence electrons. The Morgan fingerprint density at radius 3 is 2.19 bits per heavy atom. The fraction of sp³-hybridized carbons (Fsp3) is 0.0476. The van der Waals surface area contributed by atoms with E-state index in [9.17, 15) is 14.7 Å². The highest BCUT2D eigenvalue weighted by molar-refractivity contribution is 6.30. The molecule has 0 amide bonds. The molecule has 1 aliphatic rings. The van der Waals surface area contributed by atoms with Gasteiger partial charge in [-0.1, -0.05) is 54.6 Å². The number of fused-ring (bicyclic) bond motifs is 2. The highest BCUT2D eigenvalue weighted by atomic mass is 16.6. The summed E-state index contributed by atoms with van der Waals surface area (Å²) in [5, 5.41) is 9.78. The molecule has 0 spiro atoms. The molecule has 3 aromatic carbocycles. The van der Waals surface area contributed by atoms with E-state index in [1.54, 1.807) is 66.7 Å². The summed E-state index contributed by atoms with van der Waals surface area (Å²) in [7, 11) is 0. The Labute approximate surface area is 149 Å². The summed E-state index contributed by atoms with van der Waals surface area (Å²) in [5.41, 5.74) is 5.23. The molecule has 0 unspecified atom stereocenters. The maximum atomic E-state index is 12.9. The van der Waals surface area contributed by atoms with E-state index in [2.05, 4.69) is 5.48 Å². The molecule has 0 saturated carbocycles. The molecule has 0 saturated heterocycles. The molecule has 0 heterocycles. The minimum Gasteiger partial charge on any atom is -0.508 e. The second-order valence-electron chi connectivity index (χ2n) is 5.95. The molecule has 0 fully saturated rings. The normalized spacial score (nSPS) is 12.5. The molecular formula is C21H15NO4. The first-order chi connectivity index (χ1) is 12.7. The number of benzene rings is 3. The third kappa shape index (κ3) is 2.64. The van der Waals surface area contributed by atoms with Crippen molar-refractivity contribution in [1.82, 2.24) is 0 Å². The highest BCUT2D eigenvalue weighted by Gasteiger charge is 2.31. The van der Waals surface area contributed by atoms with Crippen molar-refractivity contribution in [3.05, 3.63) is 94.5 Å². The van der Waals surface area contributed by atoms with Crippen LogP contribution in [0.25, 0.3) is 0 Å². The van der Waals surface area contributed by atoms with Gasteiger partial charge in [-0.05, 0) is 12.1 Å². The van der Waals surface area contributed by atoms with Crippen molar-refractivity contribution in [2.24, 2.45) is 0 Å². The molecule has 2 N–H and O–H groups in total. The zero-order valence-corrected chi connectivity index (χ0v) is 13.7. The zero-order valence-electron chi connectivity index (χ0n) is 13.7. The average molecular weight is 345 g/mol. The second-order valence-corrected chi connectivity index (χ2v) is 5.95. The van der Waals surface area contributed by atoms with E-state index in [4.69, 9.17) is 4.84 Å². The van der Waals surface area contributed by atoms with Crippen LogP contribution in [0.5, 0.6) is 5.75 Å². The zero-order chi connectivity index (χ0) is 18.1. The van der Waals surface area contributed by atoms with Crippen LogP contribution in [0.2, 0.25) is 0 Å². The molecule has 1 aliphatic carbocycles. The van der Waals surface area contributed by atoms with Crippen LogP contribution in [-0.4, -0.2) is 16.7 Å². The highest BCUT2D eigenvalue weighted by Crippen LogP contribution is 2.32. The molecule has 3 aromatic rings. The maximum Gasteiger partial charge on any atom is 0.196 e. The van der Waals surface area contributed by atoms with E-state index >= 15 is 0 Å². The molecular weight excluding hydrogens is 330 g/mol. The van der Waals surface area contributed by atoms with Crippen LogP contribution in [0.4, 0.5) is 5.69 Å². The lowest BCUT2D eigenvalue weighted by Gasteiger charge is -2.20. The number of para-hydroxylation sites is 1. The van der Waals surface area contributed by atoms with Gasteiger partial charge in [0.25, 0.3) is 0 Å². The summed E-state index contributed by atoms with van der Waals surface area (Å²) in [6.45, 7) is 0.106. The van der Waals surface area contributed by atoms with Crippen LogP contribution >= 0.6 is 0 Å². The quantitative estimate of drug-likeness (QED) is 0.552. The summed E-state index contributed by atoms with van der Waals surface area (Å²) in [6.07, 6.45) is 0. The summed E-state index contributed by atoms with van der Waals surface area (Å²) < 4.78 is 0. The molecule has 0 radical (unpaired) electrons. The molecule has 0 atom stereocenters. The van der Waals surface area contributed by atoms with Gasteiger partial charge < -0.3 is 5.11 Å². The Morgan fingerprint density at radius 2 is 1.42 bits per heavy atom. The number of hydrogen-bond acceptors (Lipinski definition) is 5. The van der Waals surface area contributed by atoms with Crippen molar-refractivity contribution in [3.63, 3.8) is 0 Å². The Kier molecular flexibility index (Phi) is 3.99. The van der Waals surface area contributed by atoms with E-state index in [1.165, 1.54) is 0 Å². The topological polar surface area (TPSA) is 75.6 Å². The maximum absolute atomic E-state index is 12.9. The van der Waals surface area contributed by atoms with Gasteiger partial charge in [-0.2, -0.15) is 0 Å². The van der Waals surface area contributed by atoms with Crippen molar-refractivity contribution in [1.29, 1.82) is 0 Å². The first kappa shape index (κ1) is 16.1. The molecule has 5 nitrogen and oxygen atoms in total. The third-order valence-corrected chi connectivity index (χ3v) is 4.35. The molecule has 0 bridgehead atoms. The van der Waals surface area contributed by atoms with Crippen LogP contribution in [0.3, 0.4) is 0 Å². The third-order valence-electron chi connectivity index (χ3n) is 4.35. The predicted molar refractivity (Wildman–Crippen MR) is 96.3 cm³/mol. The number of carbonyl (C=O) groups is 2. The number of carbonyl (C=O) groups excluding carboxylic acids is 2. The van der Waals surface area contributed by atoms with E-state index in [0.717, 1.165) is 0 Å². The van der Waals surface area contributed by atoms with Crippen LogP contribution in [-0.2, 0) is 11.4 Å². The Bertz CT molecular complexity index is 1030. The van der Waals surface area contributed by atoms with Gasteiger partial charge in [0.05, 0.1) is 11.3 Å². The Balaban J connectivity index is 1.63. The lowest BCUT2D eigenvalue weighted by Crippen LogP contribution is -2.22. The number of ketones is 2. The van der Waals surface area contributed by atoms with Gasteiger partial charge >= 0.3 is 0 Å². The van der Waals surface area contributed by atoms with Crippen molar-refractivity contribution >= 4 is 17.3 Å². The number of phenols is 1. The number of aromatic hydroxyl groups is 1. The van der Waals surface area contributed by atoms with E-state index in [-0.39, 0.29) is 23.9 Å². The summed E-state index contributed by atoms with van der Waals surface area (Å²) in [4.78, 5) is 31.0. The monoisotopic (exact) mass is 345 g/mol. The van der Waals surface area contributed by atoms with Gasteiger partial charge in [0.1, 0.15) is 12.4 Å². The fourth-order valence-electron chi connectivity index (χ4n) is 3.05. The number of hydrogen-bond donors (Lipinski definition) is 2. The number of anilines is 1. The predicted octanol–water partition coefficient (Wildman–Crippen LogP) is 3.71. The first-order valence-electron chi connectivity index (χ1n) is 8.13. The van der Waals surface area contributed by atoms with Crippen molar-refractivity contribution in [2.45, 2.75) is 6.61 Å². The molecule has 4 rings (SSSR count). The van der Waals surface area contributed by atoms with Gasteiger partial charge in [0, 0.05) is 22.3 Å². The fourth-order valence-corrected chi connectivity index (χ4v) is 3.05. The summed E-state index contributed by atoms with van der Waals surface area (Å²) >= 11 is 0. The lowest BCUT2D eigenvalue weighted by molar-refractivity contribution is 0.0978.